The molecule has 0 saturated carbocycles. The second kappa shape index (κ2) is 9.02. The average Bonchev–Trinajstić information content (AvgIpc) is 2.84. The number of para-hydroxylation sites is 2. The number of methoxy groups -OCH3 is 2. The van der Waals surface area contributed by atoms with Crippen molar-refractivity contribution in [3.63, 3.8) is 0 Å². The molecular weight excluding hydrogens is 442 g/mol. The molecule has 4 aromatic rings. The molecule has 166 valence electrons. The number of hydrogen-bond acceptors (Lipinski definition) is 8. The SMILES string of the molecule is COc1ccc(OC)c(Nc2nc3ccccc3nc2NS(=O)(=O)c2ccccc2C#N)c1. The lowest BCUT2D eigenvalue weighted by Gasteiger charge is -2.16. The van der Waals surface area contributed by atoms with Gasteiger partial charge in [-0.3, -0.25) is 4.72 Å². The highest BCUT2D eigenvalue weighted by Crippen LogP contribution is 2.34. The van der Waals surface area contributed by atoms with E-state index in [0.717, 1.165) is 0 Å². The first-order valence-corrected chi connectivity index (χ1v) is 11.2. The van der Waals surface area contributed by atoms with E-state index in [1.165, 1.54) is 26.4 Å². The standard InChI is InChI=1S/C23H19N5O4S/c1-31-16-11-12-20(32-2)19(13-16)27-22-23(26-18-9-5-4-8-17(18)25-22)28-33(29,30)21-10-6-3-7-15(21)14-24/h3-13H,1-2H3,(H,25,27)(H,26,28). The van der Waals surface area contributed by atoms with Crippen molar-refractivity contribution in [1.82, 2.24) is 9.97 Å². The van der Waals surface area contributed by atoms with Crippen molar-refractivity contribution < 1.29 is 17.9 Å². The first kappa shape index (κ1) is 21.9. The van der Waals surface area contributed by atoms with Crippen molar-refractivity contribution in [2.45, 2.75) is 4.90 Å². The van der Waals surface area contributed by atoms with Crippen molar-refractivity contribution in [1.29, 1.82) is 5.26 Å². The minimum absolute atomic E-state index is 0.0164. The molecule has 0 radical (unpaired) electrons. The van der Waals surface area contributed by atoms with Crippen molar-refractivity contribution in [3.05, 3.63) is 72.3 Å². The van der Waals surface area contributed by atoms with Crippen LogP contribution in [-0.2, 0) is 10.0 Å². The third kappa shape index (κ3) is 4.49. The molecule has 0 fully saturated rings. The van der Waals surface area contributed by atoms with E-state index in [1.54, 1.807) is 54.6 Å². The van der Waals surface area contributed by atoms with Gasteiger partial charge in [0.2, 0.25) is 0 Å². The van der Waals surface area contributed by atoms with E-state index in [4.69, 9.17) is 9.47 Å². The maximum atomic E-state index is 13.1. The number of benzene rings is 3. The van der Waals surface area contributed by atoms with Crippen LogP contribution >= 0.6 is 0 Å². The molecule has 33 heavy (non-hydrogen) atoms. The van der Waals surface area contributed by atoms with Crippen LogP contribution in [0.25, 0.3) is 11.0 Å². The average molecular weight is 462 g/mol. The smallest absolute Gasteiger partial charge is 0.264 e. The first-order valence-electron chi connectivity index (χ1n) is 9.73. The van der Waals surface area contributed by atoms with Gasteiger partial charge in [0.1, 0.15) is 22.5 Å². The fourth-order valence-corrected chi connectivity index (χ4v) is 4.34. The Balaban J connectivity index is 1.83. The zero-order chi connectivity index (χ0) is 23.4. The van der Waals surface area contributed by atoms with Crippen molar-refractivity contribution in [2.75, 3.05) is 24.3 Å². The molecule has 0 aliphatic carbocycles. The maximum absolute atomic E-state index is 13.1. The van der Waals surface area contributed by atoms with Crippen LogP contribution in [0.4, 0.5) is 17.3 Å². The summed E-state index contributed by atoms with van der Waals surface area (Å²) < 4.78 is 39.4. The summed E-state index contributed by atoms with van der Waals surface area (Å²) in [5.74, 6) is 1.18. The molecule has 0 aliphatic rings. The van der Waals surface area contributed by atoms with E-state index < -0.39 is 10.0 Å². The molecule has 0 bridgehead atoms. The molecule has 9 nitrogen and oxygen atoms in total. The Morgan fingerprint density at radius 3 is 2.21 bits per heavy atom. The van der Waals surface area contributed by atoms with Gasteiger partial charge in [-0.15, -0.1) is 0 Å². The van der Waals surface area contributed by atoms with Crippen molar-refractivity contribution >= 4 is 38.4 Å². The Bertz CT molecular complexity index is 1480. The van der Waals surface area contributed by atoms with E-state index in [9.17, 15) is 13.7 Å². The minimum Gasteiger partial charge on any atom is -0.497 e. The van der Waals surface area contributed by atoms with Crippen molar-refractivity contribution in [3.8, 4) is 17.6 Å². The molecule has 0 saturated heterocycles. The van der Waals surface area contributed by atoms with Crippen molar-refractivity contribution in [2.24, 2.45) is 0 Å². The molecule has 1 aromatic heterocycles. The number of nitrogens with one attached hydrogen (secondary N) is 2. The summed E-state index contributed by atoms with van der Waals surface area (Å²) in [6.07, 6.45) is 0. The zero-order valence-corrected chi connectivity index (χ0v) is 18.6. The number of ether oxygens (including phenoxy) is 2. The van der Waals surface area contributed by atoms with Gasteiger partial charge in [-0.2, -0.15) is 5.26 Å². The molecule has 0 unspecified atom stereocenters. The van der Waals surface area contributed by atoms with E-state index in [1.807, 2.05) is 6.07 Å². The van der Waals surface area contributed by atoms with E-state index in [2.05, 4.69) is 20.0 Å². The second-order valence-electron chi connectivity index (χ2n) is 6.81. The molecule has 10 heteroatoms. The van der Waals surface area contributed by atoms with Crippen LogP contribution in [0.15, 0.2) is 71.6 Å². The van der Waals surface area contributed by atoms with Crippen LogP contribution in [0.3, 0.4) is 0 Å². The summed E-state index contributed by atoms with van der Waals surface area (Å²) in [5, 5.41) is 12.4. The van der Waals surface area contributed by atoms with Gasteiger partial charge in [-0.1, -0.05) is 24.3 Å². The van der Waals surface area contributed by atoms with Gasteiger partial charge in [-0.05, 0) is 36.4 Å². The lowest BCUT2D eigenvalue weighted by Crippen LogP contribution is -2.17. The highest BCUT2D eigenvalue weighted by Gasteiger charge is 2.22. The van der Waals surface area contributed by atoms with Gasteiger partial charge < -0.3 is 14.8 Å². The van der Waals surface area contributed by atoms with Crippen LogP contribution in [-0.4, -0.2) is 32.6 Å². The molecular formula is C23H19N5O4S. The third-order valence-corrected chi connectivity index (χ3v) is 6.16. The predicted octanol–water partition coefficient (Wildman–Crippen LogP) is 4.06. The largest absolute Gasteiger partial charge is 0.497 e. The fraction of sp³-hybridized carbons (Fsp3) is 0.0870. The molecule has 1 heterocycles. The number of rotatable bonds is 7. The van der Waals surface area contributed by atoms with Gasteiger partial charge in [-0.25, -0.2) is 18.4 Å². The Morgan fingerprint density at radius 1 is 0.879 bits per heavy atom. The Labute approximate surface area is 190 Å². The monoisotopic (exact) mass is 461 g/mol. The number of hydrogen-bond donors (Lipinski definition) is 2. The second-order valence-corrected chi connectivity index (χ2v) is 8.47. The number of sulfonamides is 1. The van der Waals surface area contributed by atoms with Crippen LogP contribution < -0.4 is 19.5 Å². The van der Waals surface area contributed by atoms with E-state index in [0.29, 0.717) is 28.2 Å². The quantitative estimate of drug-likeness (QED) is 0.422. The predicted molar refractivity (Wildman–Crippen MR) is 124 cm³/mol. The fourth-order valence-electron chi connectivity index (χ4n) is 3.17. The Morgan fingerprint density at radius 2 is 1.55 bits per heavy atom. The summed E-state index contributed by atoms with van der Waals surface area (Å²) in [6, 6.07) is 20.0. The lowest BCUT2D eigenvalue weighted by molar-refractivity contribution is 0.405. The van der Waals surface area contributed by atoms with Gasteiger partial charge in [0.15, 0.2) is 11.6 Å². The normalized spacial score (nSPS) is 10.9. The number of anilines is 3. The molecule has 0 amide bonds. The van der Waals surface area contributed by atoms with Crippen LogP contribution in [0.2, 0.25) is 0 Å². The number of fused-ring (bicyclic) bond motifs is 1. The van der Waals surface area contributed by atoms with E-state index in [-0.39, 0.29) is 22.1 Å². The van der Waals surface area contributed by atoms with Gasteiger partial charge in [0, 0.05) is 6.07 Å². The molecule has 4 rings (SSSR count). The number of nitrogens with zero attached hydrogens (tertiary/aromatic N) is 3. The molecule has 0 spiro atoms. The van der Waals surface area contributed by atoms with Gasteiger partial charge in [0.25, 0.3) is 10.0 Å². The summed E-state index contributed by atoms with van der Waals surface area (Å²) >= 11 is 0. The topological polar surface area (TPSA) is 126 Å². The summed E-state index contributed by atoms with van der Waals surface area (Å²) in [5.41, 5.74) is 1.57. The zero-order valence-electron chi connectivity index (χ0n) is 17.7. The van der Waals surface area contributed by atoms with Crippen LogP contribution in [0, 0.1) is 11.3 Å². The number of aromatic nitrogens is 2. The Hall–Kier alpha value is -4.36. The number of nitriles is 1. The molecule has 0 atom stereocenters. The summed E-state index contributed by atoms with van der Waals surface area (Å²) in [7, 11) is -1.09. The minimum atomic E-state index is -4.14. The van der Waals surface area contributed by atoms with E-state index >= 15 is 0 Å². The highest BCUT2D eigenvalue weighted by atomic mass is 32.2. The molecule has 3 aromatic carbocycles. The van der Waals surface area contributed by atoms with Gasteiger partial charge in [0.05, 0.1) is 36.5 Å². The third-order valence-electron chi connectivity index (χ3n) is 4.76. The Kier molecular flexibility index (Phi) is 5.97. The van der Waals surface area contributed by atoms with Crippen LogP contribution in [0.5, 0.6) is 11.5 Å². The summed E-state index contributed by atoms with van der Waals surface area (Å²) in [4.78, 5) is 8.87. The highest BCUT2D eigenvalue weighted by molar-refractivity contribution is 7.92. The first-order chi connectivity index (χ1) is 15.9. The molecule has 2 N–H and O–H groups in total. The van der Waals surface area contributed by atoms with Gasteiger partial charge >= 0.3 is 0 Å². The maximum Gasteiger partial charge on any atom is 0.264 e. The molecule has 0 aliphatic heterocycles. The summed E-state index contributed by atoms with van der Waals surface area (Å²) in [6.45, 7) is 0. The van der Waals surface area contributed by atoms with Crippen LogP contribution in [0.1, 0.15) is 5.56 Å². The lowest BCUT2D eigenvalue weighted by atomic mass is 10.2.